The van der Waals surface area contributed by atoms with Crippen molar-refractivity contribution in [2.24, 2.45) is 17.8 Å². The van der Waals surface area contributed by atoms with E-state index in [4.69, 9.17) is 0 Å². The molecule has 2 aliphatic rings. The molecule has 0 aromatic heterocycles. The van der Waals surface area contributed by atoms with Crippen molar-refractivity contribution in [3.63, 3.8) is 0 Å². The summed E-state index contributed by atoms with van der Waals surface area (Å²) in [5.41, 5.74) is -1.03. The van der Waals surface area contributed by atoms with Gasteiger partial charge in [-0.05, 0) is 37.5 Å². The van der Waals surface area contributed by atoms with Gasteiger partial charge in [0.1, 0.15) is 5.54 Å². The maximum atomic E-state index is 12.2. The molecule has 4 heteroatoms. The number of rotatable bonds is 4. The third kappa shape index (κ3) is 2.38. The minimum atomic E-state index is -1.03. The first-order chi connectivity index (χ1) is 8.47. The monoisotopic (exact) mass is 253 g/mol. The lowest BCUT2D eigenvalue weighted by Gasteiger charge is -2.40. The van der Waals surface area contributed by atoms with Gasteiger partial charge in [-0.1, -0.05) is 26.7 Å². The van der Waals surface area contributed by atoms with Crippen LogP contribution in [0.5, 0.6) is 0 Å². The molecule has 2 rings (SSSR count). The van der Waals surface area contributed by atoms with Crippen molar-refractivity contribution >= 4 is 11.9 Å². The zero-order valence-electron chi connectivity index (χ0n) is 11.2. The van der Waals surface area contributed by atoms with Crippen LogP contribution in [0.1, 0.15) is 52.4 Å². The maximum absolute atomic E-state index is 12.2. The number of nitrogens with one attached hydrogen (secondary N) is 1. The highest BCUT2D eigenvalue weighted by molar-refractivity contribution is 5.88. The van der Waals surface area contributed by atoms with E-state index in [0.29, 0.717) is 12.3 Å². The molecule has 0 aliphatic heterocycles. The lowest BCUT2D eigenvalue weighted by molar-refractivity contribution is -0.152. The molecule has 0 bridgehead atoms. The minimum absolute atomic E-state index is 0.0131. The van der Waals surface area contributed by atoms with Crippen molar-refractivity contribution in [3.05, 3.63) is 0 Å². The number of carbonyl (C=O) groups excluding carboxylic acids is 1. The normalized spacial score (nSPS) is 33.8. The molecular formula is C14H23NO3. The van der Waals surface area contributed by atoms with Gasteiger partial charge in [-0.15, -0.1) is 0 Å². The molecule has 0 aromatic rings. The summed E-state index contributed by atoms with van der Waals surface area (Å²) in [6.45, 7) is 3.85. The fraction of sp³-hybridized carbons (Fsp3) is 0.857. The van der Waals surface area contributed by atoms with E-state index >= 15 is 0 Å². The molecule has 2 fully saturated rings. The van der Waals surface area contributed by atoms with E-state index in [1.165, 1.54) is 0 Å². The molecule has 2 aliphatic carbocycles. The number of carboxylic acids is 1. The third-order valence-corrected chi connectivity index (χ3v) is 4.77. The maximum Gasteiger partial charge on any atom is 0.329 e. The van der Waals surface area contributed by atoms with Crippen LogP contribution >= 0.6 is 0 Å². The smallest absolute Gasteiger partial charge is 0.329 e. The van der Waals surface area contributed by atoms with Crippen LogP contribution in [0.15, 0.2) is 0 Å². The van der Waals surface area contributed by atoms with E-state index in [1.54, 1.807) is 0 Å². The molecule has 18 heavy (non-hydrogen) atoms. The largest absolute Gasteiger partial charge is 0.479 e. The second-order valence-corrected chi connectivity index (χ2v) is 6.04. The van der Waals surface area contributed by atoms with Gasteiger partial charge in [-0.2, -0.15) is 0 Å². The second-order valence-electron chi connectivity index (χ2n) is 6.04. The average Bonchev–Trinajstić information content (AvgIpc) is 3.14. The standard InChI is InChI=1S/C14H23NO3/c1-9-5-3-4-8-14(9,13(17)18)15-12(16)10(2)11-6-7-11/h9-11H,3-8H2,1-2H3,(H,15,16)(H,17,18). The lowest BCUT2D eigenvalue weighted by atomic mass is 9.73. The first-order valence-corrected chi connectivity index (χ1v) is 7.03. The topological polar surface area (TPSA) is 66.4 Å². The number of amides is 1. The summed E-state index contributed by atoms with van der Waals surface area (Å²) >= 11 is 0. The Kier molecular flexibility index (Phi) is 3.64. The molecule has 102 valence electrons. The van der Waals surface area contributed by atoms with Crippen molar-refractivity contribution < 1.29 is 14.7 Å². The van der Waals surface area contributed by atoms with Gasteiger partial charge < -0.3 is 10.4 Å². The molecule has 3 unspecified atom stereocenters. The van der Waals surface area contributed by atoms with Gasteiger partial charge in [-0.3, -0.25) is 4.79 Å². The van der Waals surface area contributed by atoms with Gasteiger partial charge in [0.25, 0.3) is 0 Å². The van der Waals surface area contributed by atoms with E-state index in [0.717, 1.165) is 32.1 Å². The van der Waals surface area contributed by atoms with Crippen LogP contribution in [-0.4, -0.2) is 22.5 Å². The third-order valence-electron chi connectivity index (χ3n) is 4.77. The summed E-state index contributed by atoms with van der Waals surface area (Å²) in [5.74, 6) is -0.510. The molecule has 0 heterocycles. The van der Waals surface area contributed by atoms with Crippen LogP contribution in [0.25, 0.3) is 0 Å². The summed E-state index contributed by atoms with van der Waals surface area (Å²) in [4.78, 5) is 23.8. The Morgan fingerprint density at radius 1 is 1.28 bits per heavy atom. The lowest BCUT2D eigenvalue weighted by Crippen LogP contribution is -2.61. The number of hydrogen-bond acceptors (Lipinski definition) is 2. The summed E-state index contributed by atoms with van der Waals surface area (Å²) < 4.78 is 0. The zero-order chi connectivity index (χ0) is 13.3. The Morgan fingerprint density at radius 2 is 1.94 bits per heavy atom. The highest BCUT2D eigenvalue weighted by Gasteiger charge is 2.47. The molecule has 2 saturated carbocycles. The summed E-state index contributed by atoms with van der Waals surface area (Å²) in [7, 11) is 0. The SMILES string of the molecule is CC(C(=O)NC1(C(=O)O)CCCCC1C)C1CC1. The Hall–Kier alpha value is -1.06. The number of carboxylic acid groups (broad SMARTS) is 1. The van der Waals surface area contributed by atoms with Gasteiger partial charge in [0, 0.05) is 5.92 Å². The first kappa shape index (κ1) is 13.4. The quantitative estimate of drug-likeness (QED) is 0.807. The van der Waals surface area contributed by atoms with E-state index < -0.39 is 11.5 Å². The molecule has 0 aromatic carbocycles. The van der Waals surface area contributed by atoms with Crippen LogP contribution in [-0.2, 0) is 9.59 Å². The Labute approximate surface area is 108 Å². The predicted octanol–water partition coefficient (Wildman–Crippen LogP) is 2.18. The minimum Gasteiger partial charge on any atom is -0.479 e. The highest BCUT2D eigenvalue weighted by Crippen LogP contribution is 2.38. The molecule has 3 atom stereocenters. The van der Waals surface area contributed by atoms with Crippen LogP contribution in [0.4, 0.5) is 0 Å². The molecule has 0 radical (unpaired) electrons. The van der Waals surface area contributed by atoms with E-state index in [2.05, 4.69) is 5.32 Å². The van der Waals surface area contributed by atoms with Crippen molar-refractivity contribution in [2.45, 2.75) is 57.9 Å². The average molecular weight is 253 g/mol. The van der Waals surface area contributed by atoms with Crippen molar-refractivity contribution in [1.29, 1.82) is 0 Å². The molecule has 0 spiro atoms. The first-order valence-electron chi connectivity index (χ1n) is 7.03. The predicted molar refractivity (Wildman–Crippen MR) is 68.0 cm³/mol. The molecular weight excluding hydrogens is 230 g/mol. The summed E-state index contributed by atoms with van der Waals surface area (Å²) in [6.07, 6.45) is 5.59. The van der Waals surface area contributed by atoms with E-state index in [9.17, 15) is 14.7 Å². The number of hydrogen-bond donors (Lipinski definition) is 2. The van der Waals surface area contributed by atoms with Crippen LogP contribution < -0.4 is 5.32 Å². The van der Waals surface area contributed by atoms with Gasteiger partial charge in [0.05, 0.1) is 0 Å². The van der Waals surface area contributed by atoms with Crippen molar-refractivity contribution in [3.8, 4) is 0 Å². The summed E-state index contributed by atoms with van der Waals surface area (Å²) in [6, 6.07) is 0. The van der Waals surface area contributed by atoms with E-state index in [1.807, 2.05) is 13.8 Å². The van der Waals surface area contributed by atoms with Crippen molar-refractivity contribution in [2.75, 3.05) is 0 Å². The van der Waals surface area contributed by atoms with Gasteiger partial charge in [0.15, 0.2) is 0 Å². The molecule has 0 saturated heterocycles. The summed E-state index contributed by atoms with van der Waals surface area (Å²) in [5, 5.41) is 12.4. The van der Waals surface area contributed by atoms with Gasteiger partial charge >= 0.3 is 5.97 Å². The van der Waals surface area contributed by atoms with Crippen LogP contribution in [0, 0.1) is 17.8 Å². The fourth-order valence-electron chi connectivity index (χ4n) is 3.05. The zero-order valence-corrected chi connectivity index (χ0v) is 11.2. The second kappa shape index (κ2) is 4.90. The van der Waals surface area contributed by atoms with E-state index in [-0.39, 0.29) is 17.7 Å². The number of aliphatic carboxylic acids is 1. The van der Waals surface area contributed by atoms with Crippen molar-refractivity contribution in [1.82, 2.24) is 5.32 Å². The molecule has 2 N–H and O–H groups in total. The Bertz CT molecular complexity index is 351. The fourth-order valence-corrected chi connectivity index (χ4v) is 3.05. The molecule has 4 nitrogen and oxygen atoms in total. The highest BCUT2D eigenvalue weighted by atomic mass is 16.4. The number of carbonyl (C=O) groups is 2. The van der Waals surface area contributed by atoms with Crippen LogP contribution in [0.2, 0.25) is 0 Å². The van der Waals surface area contributed by atoms with Gasteiger partial charge in [-0.25, -0.2) is 4.79 Å². The van der Waals surface area contributed by atoms with Gasteiger partial charge in [0.2, 0.25) is 5.91 Å². The molecule has 1 amide bonds. The Morgan fingerprint density at radius 3 is 2.44 bits per heavy atom. The van der Waals surface area contributed by atoms with Crippen LogP contribution in [0.3, 0.4) is 0 Å². The Balaban J connectivity index is 2.09.